The molecule has 0 unspecified atom stereocenters. The van der Waals surface area contributed by atoms with Gasteiger partial charge in [-0.3, -0.25) is 9.59 Å². The molecule has 0 aliphatic heterocycles. The Morgan fingerprint density at radius 3 is 2.46 bits per heavy atom. The molecule has 0 spiro atoms. The van der Waals surface area contributed by atoms with Crippen LogP contribution in [0.4, 0.5) is 28.9 Å². The van der Waals surface area contributed by atoms with Crippen molar-refractivity contribution in [1.82, 2.24) is 9.55 Å². The van der Waals surface area contributed by atoms with E-state index in [0.29, 0.717) is 30.7 Å². The number of imidazole rings is 1. The second-order valence-electron chi connectivity index (χ2n) is 11.4. The molecule has 2 N–H and O–H groups in total. The van der Waals surface area contributed by atoms with Gasteiger partial charge in [-0.2, -0.15) is 13.2 Å². The third-order valence-electron chi connectivity index (χ3n) is 8.48. The normalized spacial score (nSPS) is 20.1. The fraction of sp³-hybridized carbons (Fsp3) is 0.364. The molecule has 4 atom stereocenters. The van der Waals surface area contributed by atoms with Crippen LogP contribution in [0.2, 0.25) is 0 Å². The van der Waals surface area contributed by atoms with Gasteiger partial charge in [-0.25, -0.2) is 9.37 Å². The number of benzene rings is 3. The molecular formula is C33H34F4N4O4S. The number of halogens is 4. The van der Waals surface area contributed by atoms with Crippen LogP contribution in [0.3, 0.4) is 0 Å². The molecule has 0 bridgehead atoms. The molecule has 0 saturated heterocycles. The molecule has 8 nitrogen and oxygen atoms in total. The van der Waals surface area contributed by atoms with Gasteiger partial charge in [-0.05, 0) is 92.7 Å². The van der Waals surface area contributed by atoms with Crippen molar-refractivity contribution in [1.29, 1.82) is 0 Å². The van der Waals surface area contributed by atoms with E-state index in [1.807, 2.05) is 72.4 Å². The summed E-state index contributed by atoms with van der Waals surface area (Å²) < 4.78 is 63.4. The van der Waals surface area contributed by atoms with Crippen molar-refractivity contribution in [3.63, 3.8) is 0 Å². The van der Waals surface area contributed by atoms with Crippen LogP contribution in [0.5, 0.6) is 0 Å². The van der Waals surface area contributed by atoms with Gasteiger partial charge in [-0.1, -0.05) is 12.1 Å². The highest BCUT2D eigenvalue weighted by atomic mass is 32.2. The summed E-state index contributed by atoms with van der Waals surface area (Å²) in [7, 11) is 3.89. The van der Waals surface area contributed by atoms with Gasteiger partial charge < -0.3 is 24.0 Å². The Bertz CT molecular complexity index is 1740. The summed E-state index contributed by atoms with van der Waals surface area (Å²) in [6.45, 7) is 4.08. The fourth-order valence-electron chi connectivity index (χ4n) is 6.08. The molecular weight excluding hydrogens is 624 g/mol. The summed E-state index contributed by atoms with van der Waals surface area (Å²) in [5.41, 5.74) is 1.84. The standard InChI is InChI=1S/C33H34F4N4O4S/c1-5-45-22-15-24(30(32(43)44)25(16-22)31(42)39-27-12-8-20(14-26(27)34)33(35,36)37)19-6-9-21(10-7-19)41(4)46-23-11-13-29-28(17-23)38-18(2)40(29)3/h6-14,17,22,24-25,30H,5,15-16H2,1-4H3,(H,39,42)(H,43,44)/t22-,24-,25-,30-/m1/s1. The first-order valence-electron chi connectivity index (χ1n) is 14.7. The maximum absolute atomic E-state index is 14.6. The topological polar surface area (TPSA) is 96.7 Å². The zero-order chi connectivity index (χ0) is 33.3. The van der Waals surface area contributed by atoms with Gasteiger partial charge in [0.05, 0.1) is 40.2 Å². The van der Waals surface area contributed by atoms with Crippen LogP contribution in [0.1, 0.15) is 42.6 Å². The predicted octanol–water partition coefficient (Wildman–Crippen LogP) is 7.42. The number of aryl methyl sites for hydroxylation is 2. The summed E-state index contributed by atoms with van der Waals surface area (Å²) in [6, 6.07) is 15.3. The number of hydrogen-bond donors (Lipinski definition) is 2. The molecule has 244 valence electrons. The maximum Gasteiger partial charge on any atom is 0.416 e. The average molecular weight is 659 g/mol. The second kappa shape index (κ2) is 13.3. The first kappa shape index (κ1) is 33.3. The van der Waals surface area contributed by atoms with Crippen LogP contribution in [0.15, 0.2) is 65.6 Å². The van der Waals surface area contributed by atoms with Crippen molar-refractivity contribution in [3.8, 4) is 0 Å². The van der Waals surface area contributed by atoms with Crippen LogP contribution in [-0.2, 0) is 27.5 Å². The minimum absolute atomic E-state index is 0.0625. The minimum Gasteiger partial charge on any atom is -0.481 e. The molecule has 5 rings (SSSR count). The quantitative estimate of drug-likeness (QED) is 0.143. The first-order valence-corrected chi connectivity index (χ1v) is 15.5. The second-order valence-corrected chi connectivity index (χ2v) is 12.6. The summed E-state index contributed by atoms with van der Waals surface area (Å²) >= 11 is 1.51. The molecule has 1 fully saturated rings. The van der Waals surface area contributed by atoms with Gasteiger partial charge in [0, 0.05) is 37.2 Å². The highest BCUT2D eigenvalue weighted by Crippen LogP contribution is 2.44. The average Bonchev–Trinajstić information content (AvgIpc) is 3.29. The Kier molecular flexibility index (Phi) is 9.64. The number of alkyl halides is 3. The Balaban J connectivity index is 1.36. The van der Waals surface area contributed by atoms with E-state index in [4.69, 9.17) is 4.74 Å². The van der Waals surface area contributed by atoms with Gasteiger partial charge in [0.25, 0.3) is 0 Å². The SMILES string of the molecule is CCO[C@@H]1C[C@H](c2ccc(N(C)Sc3ccc4c(c3)nc(C)n4C)cc2)[C@@H](C(=O)O)[C@H](C(=O)Nc2ccc(C(F)(F)F)cc2F)C1. The third-order valence-corrected chi connectivity index (χ3v) is 9.43. The number of ether oxygens (including phenoxy) is 1. The number of anilines is 2. The number of hydrogen-bond acceptors (Lipinski definition) is 6. The maximum atomic E-state index is 14.6. The van der Waals surface area contributed by atoms with Gasteiger partial charge in [0.2, 0.25) is 5.91 Å². The van der Waals surface area contributed by atoms with Crippen molar-refractivity contribution >= 4 is 46.2 Å². The van der Waals surface area contributed by atoms with Crippen LogP contribution in [-0.4, -0.2) is 46.3 Å². The molecule has 1 amide bonds. The number of rotatable bonds is 9. The number of carbonyl (C=O) groups excluding carboxylic acids is 1. The molecule has 13 heteroatoms. The highest BCUT2D eigenvalue weighted by molar-refractivity contribution is 8.00. The predicted molar refractivity (Wildman–Crippen MR) is 168 cm³/mol. The van der Waals surface area contributed by atoms with E-state index >= 15 is 0 Å². The van der Waals surface area contributed by atoms with E-state index in [2.05, 4.69) is 10.3 Å². The van der Waals surface area contributed by atoms with E-state index < -0.39 is 59.0 Å². The molecule has 0 radical (unpaired) electrons. The Morgan fingerprint density at radius 1 is 1.11 bits per heavy atom. The fourth-order valence-corrected chi connectivity index (χ4v) is 6.92. The first-order chi connectivity index (χ1) is 21.8. The minimum atomic E-state index is -4.75. The van der Waals surface area contributed by atoms with E-state index in [1.54, 1.807) is 6.92 Å². The lowest BCUT2D eigenvalue weighted by Crippen LogP contribution is -2.45. The monoisotopic (exact) mass is 658 g/mol. The van der Waals surface area contributed by atoms with E-state index in [0.717, 1.165) is 33.5 Å². The van der Waals surface area contributed by atoms with Crippen molar-refractivity contribution in [2.24, 2.45) is 18.9 Å². The van der Waals surface area contributed by atoms with Crippen molar-refractivity contribution in [2.75, 3.05) is 23.3 Å². The van der Waals surface area contributed by atoms with E-state index in [9.17, 15) is 32.3 Å². The van der Waals surface area contributed by atoms with Crippen molar-refractivity contribution in [3.05, 3.63) is 83.4 Å². The van der Waals surface area contributed by atoms with Gasteiger partial charge in [-0.15, -0.1) is 0 Å². The summed E-state index contributed by atoms with van der Waals surface area (Å²) in [5, 5.41) is 12.6. The molecule has 1 aliphatic rings. The highest BCUT2D eigenvalue weighted by Gasteiger charge is 2.46. The number of aromatic nitrogens is 2. The van der Waals surface area contributed by atoms with E-state index in [-0.39, 0.29) is 6.42 Å². The van der Waals surface area contributed by atoms with Crippen molar-refractivity contribution in [2.45, 2.75) is 49.8 Å². The zero-order valence-corrected chi connectivity index (χ0v) is 26.5. The molecule has 1 aliphatic carbocycles. The largest absolute Gasteiger partial charge is 0.481 e. The molecule has 4 aromatic rings. The molecule has 1 saturated carbocycles. The van der Waals surface area contributed by atoms with Crippen LogP contribution >= 0.6 is 11.9 Å². The smallest absolute Gasteiger partial charge is 0.416 e. The van der Waals surface area contributed by atoms with E-state index in [1.165, 1.54) is 11.9 Å². The molecule has 3 aromatic carbocycles. The van der Waals surface area contributed by atoms with Crippen LogP contribution in [0.25, 0.3) is 11.0 Å². The number of carboxylic acid groups (broad SMARTS) is 1. The number of nitrogens with one attached hydrogen (secondary N) is 1. The lowest BCUT2D eigenvalue weighted by Gasteiger charge is -2.39. The van der Waals surface area contributed by atoms with Crippen LogP contribution < -0.4 is 9.62 Å². The van der Waals surface area contributed by atoms with Crippen molar-refractivity contribution < 1.29 is 37.0 Å². The Hall–Kier alpha value is -4.10. The number of amides is 1. The zero-order valence-electron chi connectivity index (χ0n) is 25.6. The Morgan fingerprint density at radius 2 is 1.83 bits per heavy atom. The van der Waals surface area contributed by atoms with Gasteiger partial charge >= 0.3 is 12.1 Å². The summed E-state index contributed by atoms with van der Waals surface area (Å²) in [4.78, 5) is 31.7. The lowest BCUT2D eigenvalue weighted by atomic mass is 9.67. The summed E-state index contributed by atoms with van der Waals surface area (Å²) in [6.07, 6.45) is -4.80. The molecule has 1 heterocycles. The van der Waals surface area contributed by atoms with Crippen LogP contribution in [0, 0.1) is 24.6 Å². The number of aliphatic carboxylic acids is 1. The lowest BCUT2D eigenvalue weighted by molar-refractivity contribution is -0.151. The number of carbonyl (C=O) groups is 2. The number of fused-ring (bicyclic) bond motifs is 1. The molecule has 46 heavy (non-hydrogen) atoms. The third kappa shape index (κ3) is 7.00. The number of carboxylic acids is 1. The molecule has 1 aromatic heterocycles. The Labute approximate surface area is 267 Å². The number of nitrogens with zero attached hydrogens (tertiary/aromatic N) is 3. The summed E-state index contributed by atoms with van der Waals surface area (Å²) in [5.74, 6) is -5.27. The van der Waals surface area contributed by atoms with Gasteiger partial charge in [0.1, 0.15) is 11.6 Å². The van der Waals surface area contributed by atoms with Gasteiger partial charge in [0.15, 0.2) is 0 Å².